The van der Waals surface area contributed by atoms with Gasteiger partial charge in [0.05, 0.1) is 12.1 Å². The van der Waals surface area contributed by atoms with Crippen LogP contribution in [-0.2, 0) is 32.0 Å². The second-order valence-electron chi connectivity index (χ2n) is 11.4. The lowest BCUT2D eigenvalue weighted by atomic mass is 9.95. The first-order valence-corrected chi connectivity index (χ1v) is 15.3. The molecule has 1 unspecified atom stereocenters. The Labute approximate surface area is 267 Å². The lowest BCUT2D eigenvalue weighted by Crippen LogP contribution is -2.58. The van der Waals surface area contributed by atoms with E-state index >= 15 is 0 Å². The van der Waals surface area contributed by atoms with Gasteiger partial charge in [-0.2, -0.15) is 0 Å². The van der Waals surface area contributed by atoms with E-state index in [0.717, 1.165) is 0 Å². The smallest absolute Gasteiger partial charge is 0.243 e. The van der Waals surface area contributed by atoms with Crippen molar-refractivity contribution in [3.63, 3.8) is 0 Å². The van der Waals surface area contributed by atoms with Crippen LogP contribution >= 0.6 is 0 Å². The molecule has 0 aromatic heterocycles. The number of amides is 4. The number of hydrogen-bond donors (Lipinski definition) is 11. The van der Waals surface area contributed by atoms with Crippen LogP contribution in [0.1, 0.15) is 36.8 Å². The predicted octanol–water partition coefficient (Wildman–Crippen LogP) is -2.44. The minimum Gasteiger partial charge on any atom is -0.508 e. The van der Waals surface area contributed by atoms with Crippen LogP contribution in [-0.4, -0.2) is 95.4 Å². The largest absolute Gasteiger partial charge is 0.508 e. The fourth-order valence-corrected chi connectivity index (χ4v) is 5.05. The predicted molar refractivity (Wildman–Crippen MR) is 171 cm³/mol. The Morgan fingerprint density at radius 1 is 0.891 bits per heavy atom. The normalized spacial score (nSPS) is 19.9. The van der Waals surface area contributed by atoms with Crippen molar-refractivity contribution < 1.29 is 34.5 Å². The Morgan fingerprint density at radius 2 is 1.50 bits per heavy atom. The first kappa shape index (κ1) is 36.2. The van der Waals surface area contributed by atoms with Crippen LogP contribution < -0.4 is 44.2 Å². The summed E-state index contributed by atoms with van der Waals surface area (Å²) in [4.78, 5) is 53.5. The molecule has 1 heterocycles. The van der Waals surface area contributed by atoms with E-state index in [4.69, 9.17) is 22.9 Å². The summed E-state index contributed by atoms with van der Waals surface area (Å²) in [5.41, 5.74) is 25.0. The Balaban J connectivity index is 2.03. The summed E-state index contributed by atoms with van der Waals surface area (Å²) >= 11 is 0. The van der Waals surface area contributed by atoms with Gasteiger partial charge in [0.25, 0.3) is 0 Å². The Kier molecular flexibility index (Phi) is 13.7. The molecule has 2 aromatic carbocycles. The molecule has 0 radical (unpaired) electrons. The summed E-state index contributed by atoms with van der Waals surface area (Å²) in [5, 5.41) is 41.6. The first-order chi connectivity index (χ1) is 22.0. The number of aliphatic hydroxyl groups is 1. The molecule has 0 saturated carbocycles. The fraction of sp³-hybridized carbons (Fsp3) is 0.484. The van der Waals surface area contributed by atoms with Crippen molar-refractivity contribution in [1.29, 1.82) is 0 Å². The highest BCUT2D eigenvalue weighted by Crippen LogP contribution is 2.31. The number of benzene rings is 2. The molecule has 15 N–H and O–H groups in total. The van der Waals surface area contributed by atoms with Crippen molar-refractivity contribution in [2.75, 3.05) is 26.2 Å². The van der Waals surface area contributed by atoms with Gasteiger partial charge in [-0.05, 0) is 85.3 Å². The number of nitrogens with two attached hydrogens (primary N) is 4. The van der Waals surface area contributed by atoms with E-state index < -0.39 is 53.9 Å². The average molecular weight is 643 g/mol. The zero-order chi connectivity index (χ0) is 33.8. The van der Waals surface area contributed by atoms with Crippen molar-refractivity contribution >= 4 is 23.6 Å². The molecule has 4 amide bonds. The highest BCUT2D eigenvalue weighted by atomic mass is 16.3. The number of phenols is 2. The number of carbonyl (C=O) groups is 4. The third-order valence-corrected chi connectivity index (χ3v) is 7.77. The second kappa shape index (κ2) is 17.4. The van der Waals surface area contributed by atoms with Gasteiger partial charge in [0.1, 0.15) is 29.6 Å². The number of aromatic hydroxyl groups is 2. The number of nitrogens with one attached hydrogen (secondary N) is 4. The third kappa shape index (κ3) is 10.1. The molecule has 0 saturated heterocycles. The summed E-state index contributed by atoms with van der Waals surface area (Å²) in [6.07, 6.45) is -0.123. The van der Waals surface area contributed by atoms with Crippen LogP contribution in [0.5, 0.6) is 11.5 Å². The molecule has 1 aliphatic heterocycles. The van der Waals surface area contributed by atoms with Crippen molar-refractivity contribution in [2.24, 2.45) is 22.9 Å². The number of phenolic OH excluding ortho intramolecular Hbond substituents is 2. The maximum absolute atomic E-state index is 13.8. The van der Waals surface area contributed by atoms with Crippen LogP contribution in [0.3, 0.4) is 0 Å². The van der Waals surface area contributed by atoms with Crippen LogP contribution in [0, 0.1) is 0 Å². The molecule has 2 aromatic rings. The molecular formula is C31H46N8O7. The number of carbonyl (C=O) groups excluding carboxylic acids is 4. The SMILES string of the molecule is NCCC[C@H](NC(=O)[C@@H]1Cc2cc(ccc2O)-c2ccc(O)c(c2)C[C@H](N)C(=O)N[C@@H](CCCN)C(=O)N1)C(=O)NCC(O)CN. The molecule has 0 fully saturated rings. The molecule has 1 aliphatic rings. The quantitative estimate of drug-likeness (QED) is 0.116. The van der Waals surface area contributed by atoms with Crippen molar-refractivity contribution in [3.05, 3.63) is 47.5 Å². The second-order valence-corrected chi connectivity index (χ2v) is 11.4. The number of rotatable bonds is 12. The Morgan fingerprint density at radius 3 is 2.09 bits per heavy atom. The molecule has 0 aliphatic carbocycles. The molecule has 5 atom stereocenters. The van der Waals surface area contributed by atoms with Gasteiger partial charge in [0.2, 0.25) is 23.6 Å². The van der Waals surface area contributed by atoms with Crippen molar-refractivity contribution in [1.82, 2.24) is 21.3 Å². The lowest BCUT2D eigenvalue weighted by Gasteiger charge is -2.26. The summed E-state index contributed by atoms with van der Waals surface area (Å²) in [7, 11) is 0. The van der Waals surface area contributed by atoms with Crippen LogP contribution in [0.25, 0.3) is 11.1 Å². The van der Waals surface area contributed by atoms with E-state index in [1.165, 1.54) is 12.1 Å². The van der Waals surface area contributed by atoms with Crippen LogP contribution in [0.4, 0.5) is 0 Å². The minimum atomic E-state index is -1.30. The number of fused-ring (bicyclic) bond motifs is 5. The highest BCUT2D eigenvalue weighted by molar-refractivity contribution is 5.95. The summed E-state index contributed by atoms with van der Waals surface area (Å²) in [5.74, 6) is -2.84. The van der Waals surface area contributed by atoms with Gasteiger partial charge in [0, 0.05) is 25.9 Å². The Bertz CT molecular complexity index is 1370. The van der Waals surface area contributed by atoms with E-state index in [1.807, 2.05) is 0 Å². The molecule has 3 rings (SSSR count). The molecule has 0 spiro atoms. The first-order valence-electron chi connectivity index (χ1n) is 15.3. The number of hydrogen-bond acceptors (Lipinski definition) is 11. The van der Waals surface area contributed by atoms with Crippen molar-refractivity contribution in [3.8, 4) is 22.6 Å². The zero-order valence-electron chi connectivity index (χ0n) is 25.7. The van der Waals surface area contributed by atoms with Gasteiger partial charge in [-0.25, -0.2) is 0 Å². The molecule has 4 bridgehead atoms. The minimum absolute atomic E-state index is 0.0265. The van der Waals surface area contributed by atoms with Crippen LogP contribution in [0.2, 0.25) is 0 Å². The molecular weight excluding hydrogens is 596 g/mol. The Hall–Kier alpha value is -4.28. The molecule has 252 valence electrons. The standard InChI is InChI=1S/C31H46N8O7/c32-9-1-3-23(29(44)36-16-21(40)15-34)38-31(46)25-14-20-12-18(6-8-27(20)42)17-5-7-26(41)19(11-17)13-22(35)28(43)37-24(4-2-10-33)30(45)39-25/h5-8,11-12,21-25,40-42H,1-4,9-10,13-16,32-35H2,(H,36,44)(H,37,43)(H,38,46)(H,39,45)/t21?,22-,23-,24-,25-/m0/s1. The molecule has 15 heteroatoms. The summed E-state index contributed by atoms with van der Waals surface area (Å²) in [6, 6.07) is 4.98. The van der Waals surface area contributed by atoms with Crippen molar-refractivity contribution in [2.45, 2.75) is 68.8 Å². The average Bonchev–Trinajstić information content (AvgIpc) is 3.04. The van der Waals surface area contributed by atoms with E-state index in [2.05, 4.69) is 21.3 Å². The highest BCUT2D eigenvalue weighted by Gasteiger charge is 2.31. The monoisotopic (exact) mass is 642 g/mol. The van der Waals surface area contributed by atoms with Gasteiger partial charge in [-0.3, -0.25) is 19.2 Å². The van der Waals surface area contributed by atoms with Gasteiger partial charge in [0.15, 0.2) is 0 Å². The summed E-state index contributed by atoms with van der Waals surface area (Å²) < 4.78 is 0. The topological polar surface area (TPSA) is 281 Å². The van der Waals surface area contributed by atoms with E-state index in [1.54, 1.807) is 24.3 Å². The van der Waals surface area contributed by atoms with Crippen LogP contribution in [0.15, 0.2) is 36.4 Å². The zero-order valence-corrected chi connectivity index (χ0v) is 25.7. The molecule has 46 heavy (non-hydrogen) atoms. The maximum Gasteiger partial charge on any atom is 0.243 e. The van der Waals surface area contributed by atoms with Gasteiger partial charge >= 0.3 is 0 Å². The van der Waals surface area contributed by atoms with Gasteiger partial charge in [-0.1, -0.05) is 12.1 Å². The van der Waals surface area contributed by atoms with E-state index in [-0.39, 0.29) is 63.4 Å². The summed E-state index contributed by atoms with van der Waals surface area (Å²) in [6.45, 7) is 0.271. The third-order valence-electron chi connectivity index (χ3n) is 7.77. The molecule has 15 nitrogen and oxygen atoms in total. The fourth-order valence-electron chi connectivity index (χ4n) is 5.05. The van der Waals surface area contributed by atoms with E-state index in [0.29, 0.717) is 35.1 Å². The van der Waals surface area contributed by atoms with Gasteiger partial charge < -0.3 is 59.5 Å². The number of aliphatic hydroxyl groups excluding tert-OH is 1. The van der Waals surface area contributed by atoms with E-state index in [9.17, 15) is 34.5 Å². The maximum atomic E-state index is 13.8. The van der Waals surface area contributed by atoms with Gasteiger partial charge in [-0.15, -0.1) is 0 Å². The lowest BCUT2D eigenvalue weighted by molar-refractivity contribution is -0.134.